The SMILES string of the molecule is CCC(N)(CC)c1ncc(-c2c(F)cccc2OC)[nH]1. The number of H-pyrrole nitrogens is 1. The number of nitrogens with one attached hydrogen (secondary N) is 1. The molecular weight excluding hydrogens is 257 g/mol. The number of aromatic nitrogens is 2. The molecule has 20 heavy (non-hydrogen) atoms. The van der Waals surface area contributed by atoms with Crippen molar-refractivity contribution < 1.29 is 9.13 Å². The second-order valence-electron chi connectivity index (χ2n) is 4.83. The van der Waals surface area contributed by atoms with Crippen LogP contribution in [0.3, 0.4) is 0 Å². The van der Waals surface area contributed by atoms with Crippen molar-refractivity contribution in [1.82, 2.24) is 9.97 Å². The molecule has 1 aromatic heterocycles. The van der Waals surface area contributed by atoms with E-state index < -0.39 is 5.54 Å². The van der Waals surface area contributed by atoms with Crippen LogP contribution in [0.15, 0.2) is 24.4 Å². The minimum atomic E-state index is -0.517. The maximum absolute atomic E-state index is 14.0. The van der Waals surface area contributed by atoms with E-state index in [1.54, 1.807) is 18.3 Å². The van der Waals surface area contributed by atoms with Crippen molar-refractivity contribution in [3.05, 3.63) is 36.0 Å². The Hall–Kier alpha value is -1.88. The molecule has 0 atom stereocenters. The fourth-order valence-corrected chi connectivity index (χ4v) is 2.22. The Labute approximate surface area is 118 Å². The summed E-state index contributed by atoms with van der Waals surface area (Å²) < 4.78 is 19.2. The van der Waals surface area contributed by atoms with Crippen LogP contribution in [-0.2, 0) is 5.54 Å². The molecule has 0 unspecified atom stereocenters. The van der Waals surface area contributed by atoms with Crippen LogP contribution in [0.4, 0.5) is 4.39 Å². The van der Waals surface area contributed by atoms with Crippen molar-refractivity contribution >= 4 is 0 Å². The van der Waals surface area contributed by atoms with Crippen molar-refractivity contribution in [2.45, 2.75) is 32.2 Å². The summed E-state index contributed by atoms with van der Waals surface area (Å²) in [4.78, 5) is 7.45. The average Bonchev–Trinajstić information content (AvgIpc) is 2.96. The maximum atomic E-state index is 14.0. The van der Waals surface area contributed by atoms with E-state index in [1.807, 2.05) is 13.8 Å². The van der Waals surface area contributed by atoms with E-state index >= 15 is 0 Å². The van der Waals surface area contributed by atoms with Gasteiger partial charge in [0, 0.05) is 0 Å². The highest BCUT2D eigenvalue weighted by Gasteiger charge is 2.27. The zero-order valence-corrected chi connectivity index (χ0v) is 12.0. The maximum Gasteiger partial charge on any atom is 0.136 e. The Morgan fingerprint density at radius 3 is 2.65 bits per heavy atom. The number of hydrogen-bond acceptors (Lipinski definition) is 3. The molecule has 5 heteroatoms. The summed E-state index contributed by atoms with van der Waals surface area (Å²) in [6.07, 6.45) is 3.11. The van der Waals surface area contributed by atoms with Crippen LogP contribution < -0.4 is 10.5 Å². The van der Waals surface area contributed by atoms with E-state index in [0.717, 1.165) is 12.8 Å². The van der Waals surface area contributed by atoms with E-state index in [0.29, 0.717) is 22.8 Å². The lowest BCUT2D eigenvalue weighted by atomic mass is 9.93. The zero-order chi connectivity index (χ0) is 14.8. The normalized spacial score (nSPS) is 11.7. The monoisotopic (exact) mass is 277 g/mol. The lowest BCUT2D eigenvalue weighted by molar-refractivity contribution is 0.390. The van der Waals surface area contributed by atoms with Crippen LogP contribution in [0.2, 0.25) is 0 Å². The van der Waals surface area contributed by atoms with Crippen molar-refractivity contribution in [3.63, 3.8) is 0 Å². The van der Waals surface area contributed by atoms with E-state index in [9.17, 15) is 4.39 Å². The van der Waals surface area contributed by atoms with Crippen molar-refractivity contribution in [3.8, 4) is 17.0 Å². The predicted octanol–water partition coefficient (Wildman–Crippen LogP) is 3.20. The number of imidazole rings is 1. The average molecular weight is 277 g/mol. The number of aromatic amines is 1. The molecule has 4 nitrogen and oxygen atoms in total. The summed E-state index contributed by atoms with van der Waals surface area (Å²) in [5.41, 5.74) is 6.74. The van der Waals surface area contributed by atoms with Gasteiger partial charge in [-0.15, -0.1) is 0 Å². The second-order valence-corrected chi connectivity index (χ2v) is 4.83. The van der Waals surface area contributed by atoms with E-state index in [-0.39, 0.29) is 5.82 Å². The molecule has 0 aliphatic rings. The highest BCUT2D eigenvalue weighted by molar-refractivity contribution is 5.67. The highest BCUT2D eigenvalue weighted by Crippen LogP contribution is 2.33. The van der Waals surface area contributed by atoms with Crippen molar-refractivity contribution in [2.75, 3.05) is 7.11 Å². The third kappa shape index (κ3) is 2.41. The summed E-state index contributed by atoms with van der Waals surface area (Å²) in [6, 6.07) is 4.72. The van der Waals surface area contributed by atoms with E-state index in [4.69, 9.17) is 10.5 Å². The largest absolute Gasteiger partial charge is 0.496 e. The van der Waals surface area contributed by atoms with Gasteiger partial charge >= 0.3 is 0 Å². The molecule has 0 radical (unpaired) electrons. The first-order valence-electron chi connectivity index (χ1n) is 6.73. The van der Waals surface area contributed by atoms with Crippen LogP contribution in [-0.4, -0.2) is 17.1 Å². The molecule has 1 aromatic carbocycles. The standard InChI is InChI=1S/C15H20FN3O/c1-4-15(17,5-2)14-18-9-11(19-14)13-10(16)7-6-8-12(13)20-3/h6-9H,4-5,17H2,1-3H3,(H,18,19). The lowest BCUT2D eigenvalue weighted by Gasteiger charge is -2.23. The summed E-state index contributed by atoms with van der Waals surface area (Å²) >= 11 is 0. The van der Waals surface area contributed by atoms with Gasteiger partial charge in [-0.1, -0.05) is 19.9 Å². The molecule has 2 rings (SSSR count). The van der Waals surface area contributed by atoms with Gasteiger partial charge in [0.05, 0.1) is 30.1 Å². The molecular formula is C15H20FN3O. The zero-order valence-electron chi connectivity index (χ0n) is 12.0. The number of methoxy groups -OCH3 is 1. The minimum absolute atomic E-state index is 0.352. The molecule has 0 spiro atoms. The molecule has 0 saturated heterocycles. The quantitative estimate of drug-likeness (QED) is 0.882. The number of ether oxygens (including phenoxy) is 1. The van der Waals surface area contributed by atoms with Crippen LogP contribution in [0.5, 0.6) is 5.75 Å². The van der Waals surface area contributed by atoms with Gasteiger partial charge < -0.3 is 15.5 Å². The first kappa shape index (κ1) is 14.5. The van der Waals surface area contributed by atoms with E-state index in [2.05, 4.69) is 9.97 Å². The number of nitrogens with two attached hydrogens (primary N) is 1. The van der Waals surface area contributed by atoms with Gasteiger partial charge in [0.15, 0.2) is 0 Å². The van der Waals surface area contributed by atoms with Crippen molar-refractivity contribution in [2.24, 2.45) is 5.73 Å². The van der Waals surface area contributed by atoms with Gasteiger partial charge in [-0.2, -0.15) is 0 Å². The van der Waals surface area contributed by atoms with Crippen LogP contribution in [0, 0.1) is 5.82 Å². The smallest absolute Gasteiger partial charge is 0.136 e. The molecule has 0 aliphatic carbocycles. The van der Waals surface area contributed by atoms with Gasteiger partial charge in [0.2, 0.25) is 0 Å². The molecule has 0 aliphatic heterocycles. The third-order valence-electron chi connectivity index (χ3n) is 3.77. The third-order valence-corrected chi connectivity index (χ3v) is 3.77. The predicted molar refractivity (Wildman–Crippen MR) is 77.0 cm³/mol. The van der Waals surface area contributed by atoms with Crippen LogP contribution >= 0.6 is 0 Å². The molecule has 0 fully saturated rings. The summed E-state index contributed by atoms with van der Waals surface area (Å²) in [5.74, 6) is 0.786. The Morgan fingerprint density at radius 1 is 1.35 bits per heavy atom. The first-order chi connectivity index (χ1) is 9.55. The molecule has 108 valence electrons. The lowest BCUT2D eigenvalue weighted by Crippen LogP contribution is -2.36. The topological polar surface area (TPSA) is 63.9 Å². The Bertz CT molecular complexity index is 591. The number of hydrogen-bond donors (Lipinski definition) is 2. The molecule has 3 N–H and O–H groups in total. The minimum Gasteiger partial charge on any atom is -0.496 e. The molecule has 0 saturated carbocycles. The highest BCUT2D eigenvalue weighted by atomic mass is 19.1. The fourth-order valence-electron chi connectivity index (χ4n) is 2.22. The second kappa shape index (κ2) is 5.63. The van der Waals surface area contributed by atoms with Crippen LogP contribution in [0.25, 0.3) is 11.3 Å². The Morgan fingerprint density at radius 2 is 2.05 bits per heavy atom. The molecule has 0 amide bonds. The van der Waals surface area contributed by atoms with Gasteiger partial charge in [-0.05, 0) is 25.0 Å². The number of nitrogens with zero attached hydrogens (tertiary/aromatic N) is 1. The molecule has 0 bridgehead atoms. The Balaban J connectivity index is 2.49. The van der Waals surface area contributed by atoms with Gasteiger partial charge in [0.1, 0.15) is 17.4 Å². The molecule has 2 aromatic rings. The number of halogens is 1. The Kier molecular flexibility index (Phi) is 4.09. The van der Waals surface area contributed by atoms with Crippen LogP contribution in [0.1, 0.15) is 32.5 Å². The van der Waals surface area contributed by atoms with Gasteiger partial charge in [0.25, 0.3) is 0 Å². The summed E-state index contributed by atoms with van der Waals surface area (Å²) in [5, 5.41) is 0. The van der Waals surface area contributed by atoms with Gasteiger partial charge in [-0.25, -0.2) is 9.37 Å². The van der Waals surface area contributed by atoms with Crippen molar-refractivity contribution in [1.29, 1.82) is 0 Å². The van der Waals surface area contributed by atoms with E-state index in [1.165, 1.54) is 13.2 Å². The first-order valence-corrected chi connectivity index (χ1v) is 6.73. The number of benzene rings is 1. The summed E-state index contributed by atoms with van der Waals surface area (Å²) in [6.45, 7) is 4.02. The summed E-state index contributed by atoms with van der Waals surface area (Å²) in [7, 11) is 1.51. The fraction of sp³-hybridized carbons (Fsp3) is 0.400. The molecule has 1 heterocycles. The van der Waals surface area contributed by atoms with Gasteiger partial charge in [-0.3, -0.25) is 0 Å². The number of rotatable bonds is 5.